The lowest BCUT2D eigenvalue weighted by atomic mass is 10.0. The largest absolute Gasteiger partial charge is 0.396 e. The number of aliphatic hydroxyl groups excluding tert-OH is 1. The van der Waals surface area contributed by atoms with Gasteiger partial charge in [-0.2, -0.15) is 0 Å². The summed E-state index contributed by atoms with van der Waals surface area (Å²) < 4.78 is 0. The Hall–Kier alpha value is -1.30. The Kier molecular flexibility index (Phi) is 3.51. The molecule has 0 aromatic heterocycles. The third kappa shape index (κ3) is 2.59. The standard InChI is InChI=1S/C11H13NO/c1-2-9-3-5-10(6-4-9)11(12)7-8-13/h1,3-6,11,13H,7-8,12H2/t11-/m0/s1. The lowest BCUT2D eigenvalue weighted by Crippen LogP contribution is -2.11. The Morgan fingerprint density at radius 3 is 2.46 bits per heavy atom. The molecule has 0 aliphatic carbocycles. The second-order valence-electron chi connectivity index (χ2n) is 2.89. The van der Waals surface area contributed by atoms with Crippen LogP contribution in [0.15, 0.2) is 24.3 Å². The predicted octanol–water partition coefficient (Wildman–Crippen LogP) is 1.05. The number of aliphatic hydroxyl groups is 1. The SMILES string of the molecule is C#Cc1ccc([C@@H](N)CCO)cc1. The van der Waals surface area contributed by atoms with E-state index in [0.29, 0.717) is 6.42 Å². The lowest BCUT2D eigenvalue weighted by molar-refractivity contribution is 0.276. The van der Waals surface area contributed by atoms with Gasteiger partial charge in [0.25, 0.3) is 0 Å². The van der Waals surface area contributed by atoms with Gasteiger partial charge in [0.1, 0.15) is 0 Å². The molecule has 0 spiro atoms. The van der Waals surface area contributed by atoms with Crippen molar-refractivity contribution >= 4 is 0 Å². The van der Waals surface area contributed by atoms with Crippen LogP contribution in [0.1, 0.15) is 23.6 Å². The molecule has 0 unspecified atom stereocenters. The summed E-state index contributed by atoms with van der Waals surface area (Å²) in [6.07, 6.45) is 5.79. The van der Waals surface area contributed by atoms with Crippen LogP contribution in [0.5, 0.6) is 0 Å². The fraction of sp³-hybridized carbons (Fsp3) is 0.273. The zero-order valence-corrected chi connectivity index (χ0v) is 7.40. The predicted molar refractivity (Wildman–Crippen MR) is 53.0 cm³/mol. The van der Waals surface area contributed by atoms with Crippen LogP contribution in [0.2, 0.25) is 0 Å². The second-order valence-corrected chi connectivity index (χ2v) is 2.89. The number of terminal acetylenes is 1. The average Bonchev–Trinajstić information content (AvgIpc) is 2.18. The number of hydrogen-bond donors (Lipinski definition) is 2. The van der Waals surface area contributed by atoms with E-state index >= 15 is 0 Å². The van der Waals surface area contributed by atoms with Crippen molar-refractivity contribution in [3.63, 3.8) is 0 Å². The summed E-state index contributed by atoms with van der Waals surface area (Å²) in [7, 11) is 0. The van der Waals surface area contributed by atoms with Crippen LogP contribution in [0.3, 0.4) is 0 Å². The topological polar surface area (TPSA) is 46.2 Å². The van der Waals surface area contributed by atoms with Crippen molar-refractivity contribution in [3.05, 3.63) is 35.4 Å². The van der Waals surface area contributed by atoms with Crippen molar-refractivity contribution in [3.8, 4) is 12.3 Å². The van der Waals surface area contributed by atoms with Gasteiger partial charge >= 0.3 is 0 Å². The molecular weight excluding hydrogens is 162 g/mol. The summed E-state index contributed by atoms with van der Waals surface area (Å²) >= 11 is 0. The lowest BCUT2D eigenvalue weighted by Gasteiger charge is -2.09. The van der Waals surface area contributed by atoms with Crippen LogP contribution in [0.25, 0.3) is 0 Å². The third-order valence-corrected chi connectivity index (χ3v) is 1.95. The van der Waals surface area contributed by atoms with E-state index in [0.717, 1.165) is 11.1 Å². The third-order valence-electron chi connectivity index (χ3n) is 1.95. The molecule has 1 aromatic rings. The molecule has 0 aliphatic heterocycles. The Balaban J connectivity index is 2.75. The van der Waals surface area contributed by atoms with Crippen LogP contribution in [-0.2, 0) is 0 Å². The maximum Gasteiger partial charge on any atom is 0.0449 e. The summed E-state index contributed by atoms with van der Waals surface area (Å²) in [6, 6.07) is 7.40. The molecule has 68 valence electrons. The molecular formula is C11H13NO. The van der Waals surface area contributed by atoms with Crippen molar-refractivity contribution in [2.75, 3.05) is 6.61 Å². The molecule has 3 N–H and O–H groups in total. The van der Waals surface area contributed by atoms with E-state index in [1.807, 2.05) is 24.3 Å². The Labute approximate surface area is 78.4 Å². The van der Waals surface area contributed by atoms with Gasteiger partial charge in [0.05, 0.1) is 0 Å². The highest BCUT2D eigenvalue weighted by molar-refractivity contribution is 5.35. The first-order chi connectivity index (χ1) is 6.27. The van der Waals surface area contributed by atoms with Gasteiger partial charge in [-0.3, -0.25) is 0 Å². The van der Waals surface area contributed by atoms with Gasteiger partial charge < -0.3 is 10.8 Å². The number of benzene rings is 1. The van der Waals surface area contributed by atoms with Gasteiger partial charge in [-0.25, -0.2) is 0 Å². The normalized spacial score (nSPS) is 12.1. The summed E-state index contributed by atoms with van der Waals surface area (Å²) in [5, 5.41) is 8.69. The maximum absolute atomic E-state index is 8.69. The highest BCUT2D eigenvalue weighted by Crippen LogP contribution is 2.13. The van der Waals surface area contributed by atoms with Crippen LogP contribution < -0.4 is 5.73 Å². The molecule has 0 fully saturated rings. The molecule has 0 saturated carbocycles. The number of hydrogen-bond acceptors (Lipinski definition) is 2. The molecule has 2 heteroatoms. The molecule has 0 radical (unpaired) electrons. The Morgan fingerprint density at radius 1 is 1.38 bits per heavy atom. The van der Waals surface area contributed by atoms with Crippen LogP contribution >= 0.6 is 0 Å². The summed E-state index contributed by atoms with van der Waals surface area (Å²) in [5.41, 5.74) is 7.64. The number of rotatable bonds is 3. The molecule has 13 heavy (non-hydrogen) atoms. The molecule has 0 aliphatic rings. The van der Waals surface area contributed by atoms with E-state index < -0.39 is 0 Å². The molecule has 0 bridgehead atoms. The minimum atomic E-state index is -0.100. The monoisotopic (exact) mass is 175 g/mol. The smallest absolute Gasteiger partial charge is 0.0449 e. The molecule has 1 aromatic carbocycles. The van der Waals surface area contributed by atoms with Gasteiger partial charge in [-0.15, -0.1) is 6.42 Å². The first-order valence-electron chi connectivity index (χ1n) is 4.21. The van der Waals surface area contributed by atoms with Crippen molar-refractivity contribution in [2.45, 2.75) is 12.5 Å². The second kappa shape index (κ2) is 4.66. The van der Waals surface area contributed by atoms with E-state index in [1.54, 1.807) is 0 Å². The van der Waals surface area contributed by atoms with Crippen molar-refractivity contribution in [1.29, 1.82) is 0 Å². The maximum atomic E-state index is 8.69. The van der Waals surface area contributed by atoms with Gasteiger partial charge in [0.15, 0.2) is 0 Å². The van der Waals surface area contributed by atoms with Crippen LogP contribution in [-0.4, -0.2) is 11.7 Å². The molecule has 0 heterocycles. The molecule has 2 nitrogen and oxygen atoms in total. The first-order valence-corrected chi connectivity index (χ1v) is 4.21. The van der Waals surface area contributed by atoms with Crippen molar-refractivity contribution < 1.29 is 5.11 Å². The molecule has 0 saturated heterocycles. The fourth-order valence-corrected chi connectivity index (χ4v) is 1.13. The Bertz CT molecular complexity index is 297. The van der Waals surface area contributed by atoms with Gasteiger partial charge in [0, 0.05) is 18.2 Å². The quantitative estimate of drug-likeness (QED) is 0.674. The van der Waals surface area contributed by atoms with Crippen molar-refractivity contribution in [2.24, 2.45) is 5.73 Å². The molecule has 1 atom stereocenters. The highest BCUT2D eigenvalue weighted by atomic mass is 16.3. The summed E-state index contributed by atoms with van der Waals surface area (Å²) in [6.45, 7) is 0.109. The van der Waals surface area contributed by atoms with E-state index in [2.05, 4.69) is 5.92 Å². The zero-order chi connectivity index (χ0) is 9.68. The van der Waals surface area contributed by atoms with E-state index in [1.165, 1.54) is 0 Å². The zero-order valence-electron chi connectivity index (χ0n) is 7.40. The van der Waals surface area contributed by atoms with Crippen LogP contribution in [0, 0.1) is 12.3 Å². The van der Waals surface area contributed by atoms with E-state index in [9.17, 15) is 0 Å². The first kappa shape index (κ1) is 9.79. The van der Waals surface area contributed by atoms with Gasteiger partial charge in [-0.05, 0) is 24.1 Å². The Morgan fingerprint density at radius 2 is 2.00 bits per heavy atom. The van der Waals surface area contributed by atoms with Gasteiger partial charge in [0.2, 0.25) is 0 Å². The minimum Gasteiger partial charge on any atom is -0.396 e. The van der Waals surface area contributed by atoms with Crippen LogP contribution in [0.4, 0.5) is 0 Å². The highest BCUT2D eigenvalue weighted by Gasteiger charge is 2.03. The van der Waals surface area contributed by atoms with E-state index in [-0.39, 0.29) is 12.6 Å². The van der Waals surface area contributed by atoms with Crippen molar-refractivity contribution in [1.82, 2.24) is 0 Å². The number of nitrogens with two attached hydrogens (primary N) is 1. The fourth-order valence-electron chi connectivity index (χ4n) is 1.13. The summed E-state index contributed by atoms with van der Waals surface area (Å²) in [4.78, 5) is 0. The molecule has 1 rings (SSSR count). The summed E-state index contributed by atoms with van der Waals surface area (Å²) in [5.74, 6) is 2.53. The minimum absolute atomic E-state index is 0.100. The average molecular weight is 175 g/mol. The van der Waals surface area contributed by atoms with Gasteiger partial charge in [-0.1, -0.05) is 18.1 Å². The van der Waals surface area contributed by atoms with E-state index in [4.69, 9.17) is 17.3 Å². The molecule has 0 amide bonds.